The standard InChI is InChI=1S/C22H28N2O4/c1-17-2-5-20(6-3-17)26-15-19(25)14-24-10-8-23(9-11-24)13-18-4-7-21-22(12-18)28-16-27-21/h2-7,12,19,25H,8-11,13-16H2,1H3. The number of fused-ring (bicyclic) bond motifs is 1. The van der Waals surface area contributed by atoms with E-state index in [1.165, 1.54) is 11.1 Å². The summed E-state index contributed by atoms with van der Waals surface area (Å²) in [6.07, 6.45) is -0.485. The van der Waals surface area contributed by atoms with Crippen LogP contribution in [-0.4, -0.2) is 67.1 Å². The number of nitrogens with zero attached hydrogens (tertiary/aromatic N) is 2. The van der Waals surface area contributed by atoms with Gasteiger partial charge in [0.1, 0.15) is 18.5 Å². The van der Waals surface area contributed by atoms with Crippen LogP contribution in [0.4, 0.5) is 0 Å². The molecule has 1 atom stereocenters. The van der Waals surface area contributed by atoms with Crippen LogP contribution in [0.1, 0.15) is 11.1 Å². The third-order valence-electron chi connectivity index (χ3n) is 5.24. The molecule has 0 amide bonds. The molecule has 2 aromatic carbocycles. The van der Waals surface area contributed by atoms with Gasteiger partial charge in [-0.25, -0.2) is 0 Å². The Kier molecular flexibility index (Phi) is 6.00. The number of hydrogen-bond acceptors (Lipinski definition) is 6. The van der Waals surface area contributed by atoms with Crippen LogP contribution >= 0.6 is 0 Å². The fourth-order valence-electron chi connectivity index (χ4n) is 3.61. The third kappa shape index (κ3) is 4.95. The second-order valence-electron chi connectivity index (χ2n) is 7.54. The van der Waals surface area contributed by atoms with E-state index in [1.807, 2.05) is 37.3 Å². The number of hydrogen-bond donors (Lipinski definition) is 1. The highest BCUT2D eigenvalue weighted by molar-refractivity contribution is 5.44. The quantitative estimate of drug-likeness (QED) is 0.791. The minimum absolute atomic E-state index is 0.313. The molecule has 2 aromatic rings. The molecule has 2 aliphatic rings. The number of aliphatic hydroxyl groups is 1. The van der Waals surface area contributed by atoms with E-state index in [2.05, 4.69) is 21.9 Å². The Morgan fingerprint density at radius 3 is 2.46 bits per heavy atom. The minimum atomic E-state index is -0.485. The summed E-state index contributed by atoms with van der Waals surface area (Å²) >= 11 is 0. The number of β-amino-alcohol motifs (C(OH)–C–C–N with tert-alkyl or cyclic N) is 1. The third-order valence-corrected chi connectivity index (χ3v) is 5.24. The van der Waals surface area contributed by atoms with Crippen molar-refractivity contribution >= 4 is 0 Å². The van der Waals surface area contributed by atoms with Gasteiger partial charge < -0.3 is 19.3 Å². The first kappa shape index (κ1) is 19.1. The Labute approximate surface area is 166 Å². The average Bonchev–Trinajstić information content (AvgIpc) is 3.17. The number of benzene rings is 2. The molecular formula is C22H28N2O4. The van der Waals surface area contributed by atoms with Crippen molar-refractivity contribution in [3.05, 3.63) is 53.6 Å². The van der Waals surface area contributed by atoms with Gasteiger partial charge in [-0.3, -0.25) is 9.80 Å². The van der Waals surface area contributed by atoms with Gasteiger partial charge in [0.15, 0.2) is 11.5 Å². The smallest absolute Gasteiger partial charge is 0.231 e. The lowest BCUT2D eigenvalue weighted by atomic mass is 10.1. The molecule has 2 aliphatic heterocycles. The summed E-state index contributed by atoms with van der Waals surface area (Å²) in [6.45, 7) is 8.10. The lowest BCUT2D eigenvalue weighted by Crippen LogP contribution is -2.48. The zero-order valence-corrected chi connectivity index (χ0v) is 16.3. The zero-order valence-electron chi connectivity index (χ0n) is 16.3. The van der Waals surface area contributed by atoms with Gasteiger partial charge >= 0.3 is 0 Å². The lowest BCUT2D eigenvalue weighted by molar-refractivity contribution is 0.0446. The van der Waals surface area contributed by atoms with Crippen molar-refractivity contribution < 1.29 is 19.3 Å². The molecule has 0 spiro atoms. The molecule has 0 saturated carbocycles. The summed E-state index contributed by atoms with van der Waals surface area (Å²) in [5.41, 5.74) is 2.44. The highest BCUT2D eigenvalue weighted by atomic mass is 16.7. The van der Waals surface area contributed by atoms with E-state index in [4.69, 9.17) is 14.2 Å². The van der Waals surface area contributed by atoms with Crippen molar-refractivity contribution in [3.63, 3.8) is 0 Å². The molecule has 0 aliphatic carbocycles. The summed E-state index contributed by atoms with van der Waals surface area (Å²) in [6, 6.07) is 14.1. The number of rotatable bonds is 7. The lowest BCUT2D eigenvalue weighted by Gasteiger charge is -2.35. The Hall–Kier alpha value is -2.28. The molecule has 4 rings (SSSR count). The Morgan fingerprint density at radius 2 is 1.68 bits per heavy atom. The highest BCUT2D eigenvalue weighted by Crippen LogP contribution is 2.32. The zero-order chi connectivity index (χ0) is 19.3. The number of piperazine rings is 1. The first-order valence-corrected chi connectivity index (χ1v) is 9.86. The molecule has 0 aromatic heterocycles. The van der Waals surface area contributed by atoms with Crippen LogP contribution in [0.15, 0.2) is 42.5 Å². The summed E-state index contributed by atoms with van der Waals surface area (Å²) in [5, 5.41) is 10.3. The maximum absolute atomic E-state index is 10.3. The average molecular weight is 384 g/mol. The van der Waals surface area contributed by atoms with Gasteiger partial charge in [0, 0.05) is 39.3 Å². The normalized spacial score (nSPS) is 18.2. The fourth-order valence-corrected chi connectivity index (χ4v) is 3.61. The summed E-state index contributed by atoms with van der Waals surface area (Å²) in [4.78, 5) is 4.74. The van der Waals surface area contributed by atoms with Gasteiger partial charge in [0.25, 0.3) is 0 Å². The predicted molar refractivity (Wildman–Crippen MR) is 107 cm³/mol. The first-order valence-electron chi connectivity index (χ1n) is 9.86. The predicted octanol–water partition coefficient (Wildman–Crippen LogP) is 2.28. The largest absolute Gasteiger partial charge is 0.491 e. The second-order valence-corrected chi connectivity index (χ2v) is 7.54. The first-order chi connectivity index (χ1) is 13.7. The summed E-state index contributed by atoms with van der Waals surface area (Å²) < 4.78 is 16.5. The SMILES string of the molecule is Cc1ccc(OCC(O)CN2CCN(Cc3ccc4c(c3)OCO4)CC2)cc1. The summed E-state index contributed by atoms with van der Waals surface area (Å²) in [7, 11) is 0. The van der Waals surface area contributed by atoms with Crippen LogP contribution in [0.5, 0.6) is 17.2 Å². The second kappa shape index (κ2) is 8.82. The van der Waals surface area contributed by atoms with Crippen LogP contribution < -0.4 is 14.2 Å². The van der Waals surface area contributed by atoms with Crippen molar-refractivity contribution in [1.82, 2.24) is 9.80 Å². The van der Waals surface area contributed by atoms with Crippen LogP contribution in [0.25, 0.3) is 0 Å². The van der Waals surface area contributed by atoms with Gasteiger partial charge in [0.05, 0.1) is 0 Å². The maximum Gasteiger partial charge on any atom is 0.231 e. The van der Waals surface area contributed by atoms with E-state index >= 15 is 0 Å². The van der Waals surface area contributed by atoms with Gasteiger partial charge in [-0.2, -0.15) is 0 Å². The van der Waals surface area contributed by atoms with E-state index in [9.17, 15) is 5.11 Å². The van der Waals surface area contributed by atoms with Gasteiger partial charge in [-0.05, 0) is 36.8 Å². The van der Waals surface area contributed by atoms with Crippen LogP contribution in [0.2, 0.25) is 0 Å². The Bertz CT molecular complexity index is 773. The van der Waals surface area contributed by atoms with Crippen molar-refractivity contribution in [2.24, 2.45) is 0 Å². The van der Waals surface area contributed by atoms with Crippen LogP contribution in [0, 0.1) is 6.92 Å². The maximum atomic E-state index is 10.3. The molecule has 6 heteroatoms. The monoisotopic (exact) mass is 384 g/mol. The Balaban J connectivity index is 1.18. The van der Waals surface area contributed by atoms with E-state index in [-0.39, 0.29) is 0 Å². The molecule has 1 N–H and O–H groups in total. The fraction of sp³-hybridized carbons (Fsp3) is 0.455. The number of aliphatic hydroxyl groups excluding tert-OH is 1. The molecule has 1 saturated heterocycles. The molecule has 150 valence electrons. The number of aryl methyl sites for hydroxylation is 1. The van der Waals surface area contributed by atoms with E-state index in [0.717, 1.165) is 50.0 Å². The van der Waals surface area contributed by atoms with Crippen LogP contribution in [-0.2, 0) is 6.54 Å². The van der Waals surface area contributed by atoms with Gasteiger partial charge in [0.2, 0.25) is 6.79 Å². The summed E-state index contributed by atoms with van der Waals surface area (Å²) in [5.74, 6) is 2.47. The molecule has 28 heavy (non-hydrogen) atoms. The molecule has 1 fully saturated rings. The minimum Gasteiger partial charge on any atom is -0.491 e. The number of ether oxygens (including phenoxy) is 3. The molecular weight excluding hydrogens is 356 g/mol. The topological polar surface area (TPSA) is 54.4 Å². The molecule has 2 heterocycles. The van der Waals surface area contributed by atoms with Crippen molar-refractivity contribution in [2.75, 3.05) is 46.1 Å². The van der Waals surface area contributed by atoms with Crippen molar-refractivity contribution in [3.8, 4) is 17.2 Å². The molecule has 0 radical (unpaired) electrons. The van der Waals surface area contributed by atoms with E-state index in [1.54, 1.807) is 0 Å². The van der Waals surface area contributed by atoms with E-state index in [0.29, 0.717) is 19.9 Å². The van der Waals surface area contributed by atoms with Gasteiger partial charge in [-0.15, -0.1) is 0 Å². The molecule has 0 bridgehead atoms. The molecule has 6 nitrogen and oxygen atoms in total. The van der Waals surface area contributed by atoms with Gasteiger partial charge in [-0.1, -0.05) is 23.8 Å². The van der Waals surface area contributed by atoms with E-state index < -0.39 is 6.10 Å². The molecule has 1 unspecified atom stereocenters. The Morgan fingerprint density at radius 1 is 0.964 bits per heavy atom. The van der Waals surface area contributed by atoms with Crippen LogP contribution in [0.3, 0.4) is 0 Å². The highest BCUT2D eigenvalue weighted by Gasteiger charge is 2.20. The van der Waals surface area contributed by atoms with Crippen molar-refractivity contribution in [2.45, 2.75) is 19.6 Å². The van der Waals surface area contributed by atoms with Crippen molar-refractivity contribution in [1.29, 1.82) is 0 Å².